The average molecular weight is 275 g/mol. The van der Waals surface area contributed by atoms with Crippen LogP contribution in [0.15, 0.2) is 0 Å². The van der Waals surface area contributed by atoms with Crippen molar-refractivity contribution < 1.29 is 43.0 Å². The van der Waals surface area contributed by atoms with Crippen LogP contribution >= 0.6 is 0 Å². The van der Waals surface area contributed by atoms with Crippen LogP contribution in [0.5, 0.6) is 0 Å². The van der Waals surface area contributed by atoms with Gasteiger partial charge >= 0.3 is 10.3 Å². The van der Waals surface area contributed by atoms with Gasteiger partial charge in [-0.05, 0) is 0 Å². The molecule has 102 valence electrons. The highest BCUT2D eigenvalue weighted by Crippen LogP contribution is 2.21. The highest BCUT2D eigenvalue weighted by molar-refractivity contribution is 7.83. The van der Waals surface area contributed by atoms with E-state index >= 15 is 0 Å². The Hall–Kier alpha value is -0.370. The summed E-state index contributed by atoms with van der Waals surface area (Å²) in [6.45, 7) is -0.659. The van der Waals surface area contributed by atoms with Crippen molar-refractivity contribution in [3.63, 3.8) is 0 Å². The minimum atomic E-state index is -4.69. The van der Waals surface area contributed by atoms with Gasteiger partial charge < -0.3 is 25.2 Å². The van der Waals surface area contributed by atoms with Crippen LogP contribution in [0.1, 0.15) is 0 Å². The van der Waals surface area contributed by atoms with Crippen molar-refractivity contribution in [2.24, 2.45) is 0 Å². The summed E-state index contributed by atoms with van der Waals surface area (Å²) in [7, 11) is -4.69. The first-order chi connectivity index (χ1) is 7.76. The Labute approximate surface area is 96.2 Å². The molecule has 1 saturated heterocycles. The van der Waals surface area contributed by atoms with Gasteiger partial charge in [0.25, 0.3) is 0 Å². The number of aliphatic hydroxyl groups is 4. The molecule has 0 spiro atoms. The van der Waals surface area contributed by atoms with Crippen molar-refractivity contribution in [2.75, 3.05) is 6.61 Å². The molecule has 1 aliphatic rings. The molecule has 0 aromatic heterocycles. The third-order valence-electron chi connectivity index (χ3n) is 2.13. The van der Waals surface area contributed by atoms with Gasteiger partial charge in [0.2, 0.25) is 0 Å². The van der Waals surface area contributed by atoms with Crippen LogP contribution in [0.25, 0.3) is 0 Å². The van der Waals surface area contributed by atoms with E-state index in [1.165, 1.54) is 0 Å². The molecule has 0 radical (unpaired) electrons. The van der Waals surface area contributed by atoms with Crippen LogP contribution in [-0.2, 0) is 19.9 Å². The first-order valence-electron chi connectivity index (χ1n) is 4.46. The molecule has 11 heteroatoms. The predicted molar refractivity (Wildman–Crippen MR) is 49.5 cm³/mol. The lowest BCUT2D eigenvalue weighted by atomic mass is 9.99. The normalized spacial score (nSPS) is 39.2. The Bertz CT molecular complexity index is 345. The van der Waals surface area contributed by atoms with Crippen molar-refractivity contribution in [3.8, 4) is 0 Å². The van der Waals surface area contributed by atoms with Crippen LogP contribution in [0, 0.1) is 0 Å². The number of ether oxygens (including phenoxy) is 1. The van der Waals surface area contributed by atoms with Gasteiger partial charge in [-0.25, -0.2) is 0 Å². The van der Waals surface area contributed by atoms with Gasteiger partial charge in [0, 0.05) is 0 Å². The largest absolute Gasteiger partial charge is 0.394 e. The van der Waals surface area contributed by atoms with Crippen LogP contribution in [0.2, 0.25) is 0 Å². The first kappa shape index (κ1) is 14.7. The zero-order chi connectivity index (χ0) is 13.2. The van der Waals surface area contributed by atoms with E-state index < -0.39 is 47.6 Å². The van der Waals surface area contributed by atoms with Gasteiger partial charge in [0.05, 0.1) is 6.61 Å². The second-order valence-electron chi connectivity index (χ2n) is 3.37. The fourth-order valence-electron chi connectivity index (χ4n) is 1.32. The quantitative estimate of drug-likeness (QED) is 0.222. The average Bonchev–Trinajstić information content (AvgIpc) is 2.21. The monoisotopic (exact) mass is 275 g/mol. The molecule has 1 rings (SSSR count). The summed E-state index contributed by atoms with van der Waals surface area (Å²) in [5, 5.41) is 36.9. The lowest BCUT2D eigenvalue weighted by molar-refractivity contribution is -0.301. The van der Waals surface area contributed by atoms with E-state index in [9.17, 15) is 23.7 Å². The number of hydrogen-bond acceptors (Lipinski definition) is 8. The zero-order valence-electron chi connectivity index (χ0n) is 8.37. The molecule has 0 aromatic carbocycles. The Morgan fingerprint density at radius 3 is 2.29 bits per heavy atom. The maximum Gasteiger partial charge on any atom is 0.355 e. The number of aliphatic hydroxyl groups excluding tert-OH is 4. The minimum Gasteiger partial charge on any atom is -0.394 e. The summed E-state index contributed by atoms with van der Waals surface area (Å²) in [5.41, 5.74) is 0. The Balaban J connectivity index is 2.66. The number of hydrogen-bond donors (Lipinski definition) is 6. The van der Waals surface area contributed by atoms with E-state index in [2.05, 4.69) is 9.57 Å². The van der Waals surface area contributed by atoms with Crippen LogP contribution in [0.4, 0.5) is 0 Å². The predicted octanol–water partition coefficient (Wildman–Crippen LogP) is -3.89. The summed E-state index contributed by atoms with van der Waals surface area (Å²) < 4.78 is 33.6. The van der Waals surface area contributed by atoms with Crippen molar-refractivity contribution >= 4 is 10.3 Å². The smallest absolute Gasteiger partial charge is 0.355 e. The summed E-state index contributed by atoms with van der Waals surface area (Å²) in [4.78, 5) is 5.44. The van der Waals surface area contributed by atoms with E-state index in [-0.39, 0.29) is 0 Å². The second kappa shape index (κ2) is 5.51. The van der Waals surface area contributed by atoms with Crippen LogP contribution in [-0.4, -0.2) is 70.7 Å². The standard InChI is InChI=1S/C6H13NO9S/c8-1-2-3(9)4(10)5(6(11)15-2)16-7-17(12,13)14/h2-11H,1H2,(H,12,13,14)/t2-,3-,4+,5-,6+/m1/s1. The Morgan fingerprint density at radius 1 is 1.24 bits per heavy atom. The van der Waals surface area contributed by atoms with E-state index in [4.69, 9.17) is 9.66 Å². The molecule has 1 fully saturated rings. The van der Waals surface area contributed by atoms with Crippen LogP contribution < -0.4 is 4.89 Å². The summed E-state index contributed by atoms with van der Waals surface area (Å²) in [6.07, 6.45) is -7.98. The molecule has 0 amide bonds. The van der Waals surface area contributed by atoms with E-state index in [1.54, 1.807) is 0 Å². The summed E-state index contributed by atoms with van der Waals surface area (Å²) in [6, 6.07) is 0. The SMILES string of the molecule is O=S(=O)(O)NO[C@@H]1[C@@H](O)[C@H](O)[C@@H](CO)O[C@@H]1O. The van der Waals surface area contributed by atoms with Gasteiger partial charge in [-0.2, -0.15) is 8.42 Å². The Morgan fingerprint density at radius 2 is 1.82 bits per heavy atom. The zero-order valence-corrected chi connectivity index (χ0v) is 9.19. The number of nitrogens with one attached hydrogen (secondary N) is 1. The van der Waals surface area contributed by atoms with Crippen molar-refractivity contribution in [1.82, 2.24) is 4.89 Å². The highest BCUT2D eigenvalue weighted by Gasteiger charge is 2.45. The third-order valence-corrected chi connectivity index (χ3v) is 2.44. The molecule has 5 atom stereocenters. The molecule has 6 N–H and O–H groups in total. The van der Waals surface area contributed by atoms with Crippen molar-refractivity contribution in [3.05, 3.63) is 0 Å². The maximum atomic E-state index is 10.3. The fourth-order valence-corrected chi connectivity index (χ4v) is 1.55. The lowest BCUT2D eigenvalue weighted by Gasteiger charge is -2.39. The molecule has 0 aliphatic carbocycles. The van der Waals surface area contributed by atoms with Crippen LogP contribution in [0.3, 0.4) is 0 Å². The molecule has 0 unspecified atom stereocenters. The van der Waals surface area contributed by atoms with E-state index in [1.807, 2.05) is 0 Å². The second-order valence-corrected chi connectivity index (χ2v) is 4.49. The topological polar surface area (TPSA) is 166 Å². The molecule has 0 saturated carbocycles. The van der Waals surface area contributed by atoms with Gasteiger partial charge in [0.1, 0.15) is 18.3 Å². The molecular weight excluding hydrogens is 262 g/mol. The molecule has 0 aromatic rings. The molecule has 10 nitrogen and oxygen atoms in total. The van der Waals surface area contributed by atoms with Crippen molar-refractivity contribution in [2.45, 2.75) is 30.7 Å². The number of rotatable bonds is 4. The van der Waals surface area contributed by atoms with E-state index in [0.29, 0.717) is 0 Å². The van der Waals surface area contributed by atoms with Gasteiger partial charge in [0.15, 0.2) is 12.4 Å². The molecule has 1 aliphatic heterocycles. The van der Waals surface area contributed by atoms with Gasteiger partial charge in [-0.3, -0.25) is 9.39 Å². The maximum absolute atomic E-state index is 10.3. The molecule has 0 bridgehead atoms. The summed E-state index contributed by atoms with van der Waals surface area (Å²) >= 11 is 0. The highest BCUT2D eigenvalue weighted by atomic mass is 32.2. The van der Waals surface area contributed by atoms with Crippen molar-refractivity contribution in [1.29, 1.82) is 0 Å². The molecule has 1 heterocycles. The fraction of sp³-hybridized carbons (Fsp3) is 1.00. The minimum absolute atomic E-state index is 0.659. The first-order valence-corrected chi connectivity index (χ1v) is 5.90. The van der Waals surface area contributed by atoms with E-state index in [0.717, 1.165) is 4.89 Å². The van der Waals surface area contributed by atoms with Gasteiger partial charge in [-0.1, -0.05) is 4.89 Å². The lowest BCUT2D eigenvalue weighted by Crippen LogP contribution is -2.60. The summed E-state index contributed by atoms with van der Waals surface area (Å²) in [5.74, 6) is 0. The molecule has 17 heavy (non-hydrogen) atoms. The van der Waals surface area contributed by atoms with Gasteiger partial charge in [-0.15, -0.1) is 0 Å². The molecular formula is C6H13NO9S. The third kappa shape index (κ3) is 3.80. The Kier molecular flexibility index (Phi) is 4.77.